The topological polar surface area (TPSA) is 20.3 Å². The van der Waals surface area contributed by atoms with Gasteiger partial charge in [-0.25, -0.2) is 0 Å². The van der Waals surface area contributed by atoms with E-state index in [1.165, 1.54) is 0 Å². The van der Waals surface area contributed by atoms with Gasteiger partial charge in [-0.3, -0.25) is 4.79 Å². The number of carbonyl (C=O) groups is 1. The monoisotopic (exact) mass is 319 g/mol. The molecule has 1 amide bonds. The first kappa shape index (κ1) is 16.1. The quantitative estimate of drug-likeness (QED) is 0.817. The minimum absolute atomic E-state index is 0.00635. The fourth-order valence-electron chi connectivity index (χ4n) is 2.66. The minimum Gasteiger partial charge on any atom is -0.331 e. The van der Waals surface area contributed by atoms with E-state index in [1.807, 2.05) is 6.07 Å². The van der Waals surface area contributed by atoms with Crippen LogP contribution >= 0.6 is 11.6 Å². The molecule has 21 heavy (non-hydrogen) atoms. The summed E-state index contributed by atoms with van der Waals surface area (Å²) in [6.45, 7) is 0.193. The summed E-state index contributed by atoms with van der Waals surface area (Å²) in [5.41, 5.74) is 0.858. The third-order valence-corrected chi connectivity index (χ3v) is 3.95. The van der Waals surface area contributed by atoms with Crippen LogP contribution < -0.4 is 0 Å². The zero-order valence-corrected chi connectivity index (χ0v) is 12.3. The third-order valence-electron chi connectivity index (χ3n) is 3.72. The standard InChI is InChI=1S/C15H17ClF3NO/c16-12-5-3-4-11(10-12)7-8-14(21)20-9-2-1-6-13(20)15(17,18)19/h3-5,10,13H,1-2,6-9H2. The number of hydrogen-bond acceptors (Lipinski definition) is 1. The summed E-state index contributed by atoms with van der Waals surface area (Å²) in [5, 5.41) is 0.561. The van der Waals surface area contributed by atoms with Crippen LogP contribution in [-0.4, -0.2) is 29.6 Å². The molecule has 0 aliphatic carbocycles. The molecule has 1 aromatic carbocycles. The van der Waals surface area contributed by atoms with E-state index < -0.39 is 18.1 Å². The number of piperidine rings is 1. The molecule has 0 radical (unpaired) electrons. The Labute approximate surface area is 126 Å². The number of alkyl halides is 3. The van der Waals surface area contributed by atoms with Gasteiger partial charge in [0.1, 0.15) is 6.04 Å². The van der Waals surface area contributed by atoms with Crippen molar-refractivity contribution in [1.82, 2.24) is 4.90 Å². The fraction of sp³-hybridized carbons (Fsp3) is 0.533. The normalized spacial score (nSPS) is 19.6. The molecule has 6 heteroatoms. The lowest BCUT2D eigenvalue weighted by atomic mass is 10.0. The molecule has 1 saturated heterocycles. The number of hydrogen-bond donors (Lipinski definition) is 0. The van der Waals surface area contributed by atoms with Gasteiger partial charge in [-0.1, -0.05) is 23.7 Å². The molecule has 1 aliphatic rings. The maximum absolute atomic E-state index is 13.0. The Balaban J connectivity index is 1.98. The van der Waals surface area contributed by atoms with Gasteiger partial charge in [0.15, 0.2) is 0 Å². The average molecular weight is 320 g/mol. The molecule has 1 fully saturated rings. The Morgan fingerprint density at radius 2 is 2.10 bits per heavy atom. The number of likely N-dealkylation sites (tertiary alicyclic amines) is 1. The minimum atomic E-state index is -4.34. The highest BCUT2D eigenvalue weighted by molar-refractivity contribution is 6.30. The van der Waals surface area contributed by atoms with Crippen LogP contribution in [0.1, 0.15) is 31.2 Å². The Kier molecular flexibility index (Phi) is 5.14. The Bertz CT molecular complexity index is 504. The lowest BCUT2D eigenvalue weighted by molar-refractivity contribution is -0.195. The molecular formula is C15H17ClF3NO. The van der Waals surface area contributed by atoms with E-state index in [2.05, 4.69) is 0 Å². The number of nitrogens with zero attached hydrogens (tertiary/aromatic N) is 1. The number of halogens is 4. The Morgan fingerprint density at radius 1 is 1.33 bits per heavy atom. The van der Waals surface area contributed by atoms with Crippen LogP contribution in [-0.2, 0) is 11.2 Å². The zero-order chi connectivity index (χ0) is 15.5. The molecule has 0 saturated carbocycles. The third kappa shape index (κ3) is 4.37. The SMILES string of the molecule is O=C(CCc1cccc(Cl)c1)N1CCCCC1C(F)(F)F. The molecule has 1 aliphatic heterocycles. The molecule has 1 heterocycles. The lowest BCUT2D eigenvalue weighted by Gasteiger charge is -2.36. The van der Waals surface area contributed by atoms with Crippen molar-refractivity contribution in [1.29, 1.82) is 0 Å². The summed E-state index contributed by atoms with van der Waals surface area (Å²) < 4.78 is 38.9. The molecule has 0 N–H and O–H groups in total. The van der Waals surface area contributed by atoms with Crippen molar-refractivity contribution in [3.8, 4) is 0 Å². The highest BCUT2D eigenvalue weighted by Crippen LogP contribution is 2.32. The molecule has 116 valence electrons. The highest BCUT2D eigenvalue weighted by Gasteiger charge is 2.45. The molecule has 0 spiro atoms. The predicted molar refractivity (Wildman–Crippen MR) is 75.2 cm³/mol. The summed E-state index contributed by atoms with van der Waals surface area (Å²) in [5.74, 6) is -0.433. The van der Waals surface area contributed by atoms with Crippen molar-refractivity contribution in [3.63, 3.8) is 0 Å². The van der Waals surface area contributed by atoms with E-state index in [-0.39, 0.29) is 19.4 Å². The summed E-state index contributed by atoms with van der Waals surface area (Å²) >= 11 is 5.85. The van der Waals surface area contributed by atoms with Gasteiger partial charge < -0.3 is 4.90 Å². The van der Waals surface area contributed by atoms with Gasteiger partial charge in [0.25, 0.3) is 0 Å². The first-order valence-electron chi connectivity index (χ1n) is 6.98. The van der Waals surface area contributed by atoms with Crippen LogP contribution in [0.25, 0.3) is 0 Å². The molecule has 1 atom stereocenters. The predicted octanol–water partition coefficient (Wildman–Crippen LogP) is 4.22. The maximum atomic E-state index is 13.0. The van der Waals surface area contributed by atoms with Crippen LogP contribution in [0.5, 0.6) is 0 Å². The second kappa shape index (κ2) is 6.69. The average Bonchev–Trinajstić information content (AvgIpc) is 2.44. The van der Waals surface area contributed by atoms with Crippen LogP contribution in [0.4, 0.5) is 13.2 Å². The Morgan fingerprint density at radius 3 is 2.76 bits per heavy atom. The van der Waals surface area contributed by atoms with E-state index in [4.69, 9.17) is 11.6 Å². The zero-order valence-electron chi connectivity index (χ0n) is 11.5. The van der Waals surface area contributed by atoms with Crippen LogP contribution in [0.15, 0.2) is 24.3 Å². The molecule has 2 nitrogen and oxygen atoms in total. The fourth-order valence-corrected chi connectivity index (χ4v) is 2.87. The van der Waals surface area contributed by atoms with Crippen molar-refractivity contribution in [3.05, 3.63) is 34.9 Å². The first-order valence-corrected chi connectivity index (χ1v) is 7.36. The van der Waals surface area contributed by atoms with Crippen LogP contribution in [0.2, 0.25) is 5.02 Å². The Hall–Kier alpha value is -1.23. The van der Waals surface area contributed by atoms with E-state index in [1.54, 1.807) is 18.2 Å². The van der Waals surface area contributed by atoms with Crippen LogP contribution in [0, 0.1) is 0 Å². The lowest BCUT2D eigenvalue weighted by Crippen LogP contribution is -2.51. The van der Waals surface area contributed by atoms with Crippen molar-refractivity contribution in [2.45, 2.75) is 44.3 Å². The number of rotatable bonds is 3. The molecular weight excluding hydrogens is 303 g/mol. The van der Waals surface area contributed by atoms with E-state index in [9.17, 15) is 18.0 Å². The van der Waals surface area contributed by atoms with E-state index in [0.717, 1.165) is 10.5 Å². The molecule has 1 aromatic rings. The number of amides is 1. The molecule has 0 aromatic heterocycles. The smallest absolute Gasteiger partial charge is 0.331 e. The highest BCUT2D eigenvalue weighted by atomic mass is 35.5. The largest absolute Gasteiger partial charge is 0.408 e. The van der Waals surface area contributed by atoms with E-state index >= 15 is 0 Å². The van der Waals surface area contributed by atoms with Crippen molar-refractivity contribution >= 4 is 17.5 Å². The number of aryl methyl sites for hydroxylation is 1. The van der Waals surface area contributed by atoms with Gasteiger partial charge in [-0.15, -0.1) is 0 Å². The second-order valence-electron chi connectivity index (χ2n) is 5.27. The van der Waals surface area contributed by atoms with Gasteiger partial charge in [0, 0.05) is 18.0 Å². The maximum Gasteiger partial charge on any atom is 0.408 e. The summed E-state index contributed by atoms with van der Waals surface area (Å²) in [6.07, 6.45) is -2.70. The van der Waals surface area contributed by atoms with Crippen molar-refractivity contribution in [2.75, 3.05) is 6.54 Å². The first-order chi connectivity index (χ1) is 9.88. The van der Waals surface area contributed by atoms with E-state index in [0.29, 0.717) is 24.3 Å². The second-order valence-corrected chi connectivity index (χ2v) is 5.71. The van der Waals surface area contributed by atoms with Gasteiger partial charge in [-0.05, 0) is 43.4 Å². The molecule has 1 unspecified atom stereocenters. The number of carbonyl (C=O) groups excluding carboxylic acids is 1. The van der Waals surface area contributed by atoms with Crippen molar-refractivity contribution < 1.29 is 18.0 Å². The summed E-state index contributed by atoms with van der Waals surface area (Å²) in [6, 6.07) is 5.40. The van der Waals surface area contributed by atoms with Crippen molar-refractivity contribution in [2.24, 2.45) is 0 Å². The molecule has 2 rings (SSSR count). The van der Waals surface area contributed by atoms with Crippen LogP contribution in [0.3, 0.4) is 0 Å². The summed E-state index contributed by atoms with van der Waals surface area (Å²) in [7, 11) is 0. The van der Waals surface area contributed by atoms with Gasteiger partial charge in [0.2, 0.25) is 5.91 Å². The van der Waals surface area contributed by atoms with Gasteiger partial charge >= 0.3 is 6.18 Å². The summed E-state index contributed by atoms with van der Waals surface area (Å²) in [4.78, 5) is 13.1. The number of benzene rings is 1. The van der Waals surface area contributed by atoms with Gasteiger partial charge in [-0.2, -0.15) is 13.2 Å². The van der Waals surface area contributed by atoms with Gasteiger partial charge in [0.05, 0.1) is 0 Å². The molecule has 0 bridgehead atoms.